The van der Waals surface area contributed by atoms with Crippen LogP contribution in [0.3, 0.4) is 0 Å². The molecule has 0 radical (unpaired) electrons. The fraction of sp³-hybridized carbons (Fsp3) is 0.333. The van der Waals surface area contributed by atoms with E-state index in [2.05, 4.69) is 36.4 Å². The SMILES string of the molecule is CNc1nnc(Cn2c(C)ncc(Br)c2=O)s1. The number of aromatic nitrogens is 4. The molecule has 2 aromatic rings. The van der Waals surface area contributed by atoms with Gasteiger partial charge in [0, 0.05) is 13.2 Å². The standard InChI is InChI=1S/C9H10BrN5OS/c1-5-12-3-6(10)8(16)15(5)4-7-13-14-9(11-2)17-7/h3H,4H2,1-2H3,(H,11,14). The molecule has 0 aliphatic rings. The van der Waals surface area contributed by atoms with Gasteiger partial charge >= 0.3 is 0 Å². The Morgan fingerprint density at radius 1 is 1.53 bits per heavy atom. The molecule has 0 saturated carbocycles. The summed E-state index contributed by atoms with van der Waals surface area (Å²) in [6.07, 6.45) is 1.51. The summed E-state index contributed by atoms with van der Waals surface area (Å²) < 4.78 is 2.01. The van der Waals surface area contributed by atoms with Crippen LogP contribution in [0.25, 0.3) is 0 Å². The molecule has 0 aliphatic heterocycles. The van der Waals surface area contributed by atoms with E-state index in [4.69, 9.17) is 0 Å². The van der Waals surface area contributed by atoms with E-state index in [1.165, 1.54) is 17.5 Å². The van der Waals surface area contributed by atoms with Crippen molar-refractivity contribution in [2.75, 3.05) is 12.4 Å². The van der Waals surface area contributed by atoms with E-state index >= 15 is 0 Å². The minimum absolute atomic E-state index is 0.112. The van der Waals surface area contributed by atoms with Crippen molar-refractivity contribution in [1.82, 2.24) is 19.7 Å². The van der Waals surface area contributed by atoms with Gasteiger partial charge in [0.05, 0.1) is 6.54 Å². The highest BCUT2D eigenvalue weighted by Crippen LogP contribution is 2.15. The Hall–Kier alpha value is -1.28. The van der Waals surface area contributed by atoms with Crippen molar-refractivity contribution in [2.24, 2.45) is 0 Å². The van der Waals surface area contributed by atoms with E-state index in [-0.39, 0.29) is 5.56 Å². The molecule has 1 N–H and O–H groups in total. The van der Waals surface area contributed by atoms with Crippen molar-refractivity contribution in [3.63, 3.8) is 0 Å². The molecular weight excluding hydrogens is 306 g/mol. The molecule has 2 rings (SSSR count). The summed E-state index contributed by atoms with van der Waals surface area (Å²) in [5.74, 6) is 0.652. The van der Waals surface area contributed by atoms with Gasteiger partial charge in [0.25, 0.3) is 5.56 Å². The maximum absolute atomic E-state index is 11.9. The molecule has 0 fully saturated rings. The predicted molar refractivity (Wildman–Crippen MR) is 69.5 cm³/mol. The first-order chi connectivity index (χ1) is 8.11. The van der Waals surface area contributed by atoms with Crippen LogP contribution in [0.15, 0.2) is 15.5 Å². The van der Waals surface area contributed by atoms with Gasteiger partial charge in [-0.1, -0.05) is 11.3 Å². The zero-order valence-electron chi connectivity index (χ0n) is 9.27. The molecular formula is C9H10BrN5OS. The molecule has 0 spiro atoms. The number of halogens is 1. The van der Waals surface area contributed by atoms with Gasteiger partial charge < -0.3 is 5.32 Å². The second-order valence-corrected chi connectivity index (χ2v) is 5.21. The first kappa shape index (κ1) is 12.2. The Morgan fingerprint density at radius 3 is 2.94 bits per heavy atom. The lowest BCUT2D eigenvalue weighted by atomic mass is 10.5. The highest BCUT2D eigenvalue weighted by molar-refractivity contribution is 9.10. The molecule has 2 heterocycles. The van der Waals surface area contributed by atoms with Gasteiger partial charge in [-0.2, -0.15) is 0 Å². The van der Waals surface area contributed by atoms with Crippen molar-refractivity contribution < 1.29 is 0 Å². The minimum Gasteiger partial charge on any atom is -0.363 e. The van der Waals surface area contributed by atoms with Crippen LogP contribution in [-0.2, 0) is 6.54 Å². The van der Waals surface area contributed by atoms with E-state index in [0.717, 1.165) is 10.1 Å². The third-order valence-electron chi connectivity index (χ3n) is 2.18. The van der Waals surface area contributed by atoms with Gasteiger partial charge in [-0.3, -0.25) is 9.36 Å². The fourth-order valence-corrected chi connectivity index (χ4v) is 2.29. The van der Waals surface area contributed by atoms with E-state index in [9.17, 15) is 4.79 Å². The van der Waals surface area contributed by atoms with E-state index in [1.54, 1.807) is 18.5 Å². The van der Waals surface area contributed by atoms with Crippen LogP contribution in [-0.4, -0.2) is 26.8 Å². The number of nitrogens with zero attached hydrogens (tertiary/aromatic N) is 4. The number of hydrogen-bond acceptors (Lipinski definition) is 6. The lowest BCUT2D eigenvalue weighted by Gasteiger charge is -2.06. The lowest BCUT2D eigenvalue weighted by molar-refractivity contribution is 0.686. The highest BCUT2D eigenvalue weighted by atomic mass is 79.9. The molecule has 0 unspecified atom stereocenters. The topological polar surface area (TPSA) is 72.7 Å². The van der Waals surface area contributed by atoms with Crippen molar-refractivity contribution >= 4 is 32.4 Å². The van der Waals surface area contributed by atoms with Gasteiger partial charge in [-0.15, -0.1) is 10.2 Å². The molecule has 90 valence electrons. The molecule has 8 heteroatoms. The smallest absolute Gasteiger partial charge is 0.268 e. The number of rotatable bonds is 3. The van der Waals surface area contributed by atoms with Gasteiger partial charge in [0.2, 0.25) is 5.13 Å². The first-order valence-corrected chi connectivity index (χ1v) is 6.45. The van der Waals surface area contributed by atoms with Crippen LogP contribution in [0.2, 0.25) is 0 Å². The molecule has 17 heavy (non-hydrogen) atoms. The first-order valence-electron chi connectivity index (χ1n) is 4.84. The quantitative estimate of drug-likeness (QED) is 0.923. The summed E-state index contributed by atoms with van der Waals surface area (Å²) >= 11 is 4.59. The molecule has 0 amide bonds. The molecule has 0 bridgehead atoms. The van der Waals surface area contributed by atoms with Crippen LogP contribution < -0.4 is 10.9 Å². The summed E-state index contributed by atoms with van der Waals surface area (Å²) in [5.41, 5.74) is -0.112. The number of aryl methyl sites for hydroxylation is 1. The summed E-state index contributed by atoms with van der Waals surface area (Å²) in [6.45, 7) is 2.17. The molecule has 0 saturated heterocycles. The van der Waals surface area contributed by atoms with E-state index < -0.39 is 0 Å². The predicted octanol–water partition coefficient (Wildman–Crippen LogP) is 1.26. The zero-order valence-corrected chi connectivity index (χ0v) is 11.7. The Balaban J connectivity index is 2.36. The largest absolute Gasteiger partial charge is 0.363 e. The Kier molecular flexibility index (Phi) is 3.53. The van der Waals surface area contributed by atoms with Gasteiger partial charge in [0.15, 0.2) is 0 Å². The highest BCUT2D eigenvalue weighted by Gasteiger charge is 2.09. The van der Waals surface area contributed by atoms with E-state index in [0.29, 0.717) is 16.8 Å². The van der Waals surface area contributed by atoms with Crippen LogP contribution >= 0.6 is 27.3 Å². The average molecular weight is 316 g/mol. The number of hydrogen-bond donors (Lipinski definition) is 1. The maximum Gasteiger partial charge on any atom is 0.268 e. The Morgan fingerprint density at radius 2 is 2.29 bits per heavy atom. The van der Waals surface area contributed by atoms with Gasteiger partial charge in [-0.25, -0.2) is 4.98 Å². The van der Waals surface area contributed by atoms with Crippen LogP contribution in [0.4, 0.5) is 5.13 Å². The number of anilines is 1. The second kappa shape index (κ2) is 4.92. The Bertz CT molecular complexity index is 593. The van der Waals surface area contributed by atoms with Crippen LogP contribution in [0, 0.1) is 6.92 Å². The molecule has 6 nitrogen and oxygen atoms in total. The number of nitrogens with one attached hydrogen (secondary N) is 1. The van der Waals surface area contributed by atoms with Crippen molar-refractivity contribution in [3.8, 4) is 0 Å². The molecule has 0 atom stereocenters. The molecule has 0 aliphatic carbocycles. The summed E-state index contributed by atoms with van der Waals surface area (Å²) in [7, 11) is 1.78. The van der Waals surface area contributed by atoms with Crippen molar-refractivity contribution in [3.05, 3.63) is 31.9 Å². The maximum atomic E-state index is 11.9. The van der Waals surface area contributed by atoms with Crippen LogP contribution in [0.1, 0.15) is 10.8 Å². The summed E-state index contributed by atoms with van der Waals surface area (Å²) in [4.78, 5) is 16.0. The fourth-order valence-electron chi connectivity index (χ4n) is 1.29. The monoisotopic (exact) mass is 315 g/mol. The Labute approximate surface area is 110 Å². The second-order valence-electron chi connectivity index (χ2n) is 3.30. The molecule has 2 aromatic heterocycles. The van der Waals surface area contributed by atoms with Crippen LogP contribution in [0.5, 0.6) is 0 Å². The zero-order chi connectivity index (χ0) is 12.4. The van der Waals surface area contributed by atoms with Crippen molar-refractivity contribution in [1.29, 1.82) is 0 Å². The van der Waals surface area contributed by atoms with E-state index in [1.807, 2.05) is 0 Å². The minimum atomic E-state index is -0.112. The van der Waals surface area contributed by atoms with Gasteiger partial charge in [0.1, 0.15) is 15.3 Å². The average Bonchev–Trinajstić information content (AvgIpc) is 2.77. The lowest BCUT2D eigenvalue weighted by Crippen LogP contribution is -2.24. The van der Waals surface area contributed by atoms with Crippen molar-refractivity contribution in [2.45, 2.75) is 13.5 Å². The molecule has 0 aromatic carbocycles. The normalized spacial score (nSPS) is 10.5. The third-order valence-corrected chi connectivity index (χ3v) is 3.65. The van der Waals surface area contributed by atoms with Gasteiger partial charge in [-0.05, 0) is 22.9 Å². The summed E-state index contributed by atoms with van der Waals surface area (Å²) in [5, 5.41) is 12.3. The summed E-state index contributed by atoms with van der Waals surface area (Å²) in [6, 6.07) is 0. The third kappa shape index (κ3) is 2.52.